The maximum Gasteiger partial charge on any atom is 0.336 e. The van der Waals surface area contributed by atoms with Crippen molar-refractivity contribution in [3.05, 3.63) is 65.2 Å². The first kappa shape index (κ1) is 14.1. The predicted molar refractivity (Wildman–Crippen MR) is 78.8 cm³/mol. The van der Waals surface area contributed by atoms with Gasteiger partial charge < -0.3 is 5.11 Å². The number of para-hydroxylation sites is 1. The largest absolute Gasteiger partial charge is 0.478 e. The molecule has 2 aromatic carbocycles. The minimum atomic E-state index is -1.12. The third-order valence-corrected chi connectivity index (χ3v) is 3.48. The Labute approximate surface area is 124 Å². The first-order valence-electron chi connectivity index (χ1n) is 6.56. The van der Waals surface area contributed by atoms with E-state index in [9.17, 15) is 18.7 Å². The minimum absolute atomic E-state index is 0.0347. The Hall–Kier alpha value is -2.82. The van der Waals surface area contributed by atoms with E-state index in [0.717, 1.165) is 17.7 Å². The lowest BCUT2D eigenvalue weighted by Crippen LogP contribution is -2.02. The highest BCUT2D eigenvalue weighted by Gasteiger charge is 2.16. The lowest BCUT2D eigenvalue weighted by molar-refractivity contribution is 0.0699. The Balaban J connectivity index is 2.36. The molecule has 3 aromatic rings. The number of hydrogen-bond donors (Lipinski definition) is 1. The van der Waals surface area contributed by atoms with Crippen molar-refractivity contribution in [1.29, 1.82) is 0 Å². The lowest BCUT2D eigenvalue weighted by atomic mass is 10.0. The van der Waals surface area contributed by atoms with Gasteiger partial charge in [0.15, 0.2) is 0 Å². The van der Waals surface area contributed by atoms with Crippen molar-refractivity contribution in [2.75, 3.05) is 0 Å². The van der Waals surface area contributed by atoms with Crippen LogP contribution >= 0.6 is 0 Å². The van der Waals surface area contributed by atoms with Gasteiger partial charge >= 0.3 is 5.97 Å². The second kappa shape index (κ2) is 5.18. The molecule has 3 rings (SSSR count). The van der Waals surface area contributed by atoms with Gasteiger partial charge in [-0.3, -0.25) is 0 Å². The zero-order valence-electron chi connectivity index (χ0n) is 11.6. The summed E-state index contributed by atoms with van der Waals surface area (Å²) in [5, 5.41) is 9.86. The first-order chi connectivity index (χ1) is 10.5. The van der Waals surface area contributed by atoms with Crippen LogP contribution in [0.2, 0.25) is 0 Å². The molecule has 0 fully saturated rings. The van der Waals surface area contributed by atoms with E-state index in [-0.39, 0.29) is 16.8 Å². The van der Waals surface area contributed by atoms with Crippen LogP contribution in [0.1, 0.15) is 15.9 Å². The smallest absolute Gasteiger partial charge is 0.336 e. The number of carbonyl (C=O) groups is 1. The van der Waals surface area contributed by atoms with Crippen molar-refractivity contribution >= 4 is 16.9 Å². The number of fused-ring (bicyclic) bond motifs is 1. The van der Waals surface area contributed by atoms with Crippen LogP contribution in [0.4, 0.5) is 8.78 Å². The van der Waals surface area contributed by atoms with Crippen LogP contribution in [0, 0.1) is 18.6 Å². The van der Waals surface area contributed by atoms with E-state index in [4.69, 9.17) is 0 Å². The molecule has 0 aliphatic carbocycles. The summed E-state index contributed by atoms with van der Waals surface area (Å²) in [5.74, 6) is -2.60. The molecule has 0 amide bonds. The van der Waals surface area contributed by atoms with Crippen LogP contribution in [-0.2, 0) is 0 Å². The average molecular weight is 299 g/mol. The highest BCUT2D eigenvalue weighted by Crippen LogP contribution is 2.28. The van der Waals surface area contributed by atoms with Crippen LogP contribution < -0.4 is 0 Å². The van der Waals surface area contributed by atoms with E-state index in [1.807, 2.05) is 0 Å². The van der Waals surface area contributed by atoms with Crippen molar-refractivity contribution in [3.8, 4) is 11.3 Å². The van der Waals surface area contributed by atoms with E-state index >= 15 is 0 Å². The zero-order valence-corrected chi connectivity index (χ0v) is 11.6. The van der Waals surface area contributed by atoms with Gasteiger partial charge in [0.2, 0.25) is 0 Å². The van der Waals surface area contributed by atoms with Crippen LogP contribution in [0.15, 0.2) is 42.5 Å². The van der Waals surface area contributed by atoms with E-state index in [0.29, 0.717) is 10.9 Å². The summed E-state index contributed by atoms with van der Waals surface area (Å²) < 4.78 is 27.0. The summed E-state index contributed by atoms with van der Waals surface area (Å²) in [5.41, 5.74) is 1.53. The predicted octanol–water partition coefficient (Wildman–Crippen LogP) is 4.19. The number of halogens is 2. The molecule has 1 aromatic heterocycles. The number of rotatable bonds is 2. The van der Waals surface area contributed by atoms with Crippen LogP contribution in [0.3, 0.4) is 0 Å². The summed E-state index contributed by atoms with van der Waals surface area (Å²) in [4.78, 5) is 15.8. The van der Waals surface area contributed by atoms with Gasteiger partial charge in [0, 0.05) is 17.0 Å². The lowest BCUT2D eigenvalue weighted by Gasteiger charge is -2.09. The summed E-state index contributed by atoms with van der Waals surface area (Å²) in [6.45, 7) is 1.80. The Bertz CT molecular complexity index is 907. The number of carboxylic acid groups (broad SMARTS) is 1. The number of aryl methyl sites for hydroxylation is 1. The first-order valence-corrected chi connectivity index (χ1v) is 6.56. The standard InChI is InChI=1S/C17H11F2NO2/c1-9-3-2-4-11-13(17(21)22)8-15(20-16(9)11)12-6-5-10(18)7-14(12)19/h2-8H,1H3,(H,21,22). The average Bonchev–Trinajstić information content (AvgIpc) is 2.47. The molecule has 0 saturated heterocycles. The fourth-order valence-electron chi connectivity index (χ4n) is 2.40. The molecule has 22 heavy (non-hydrogen) atoms. The van der Waals surface area contributed by atoms with Gasteiger partial charge in [-0.15, -0.1) is 0 Å². The SMILES string of the molecule is Cc1cccc2c(C(=O)O)cc(-c3ccc(F)cc3F)nc12. The van der Waals surface area contributed by atoms with Crippen molar-refractivity contribution in [1.82, 2.24) is 4.98 Å². The van der Waals surface area contributed by atoms with Crippen molar-refractivity contribution in [3.63, 3.8) is 0 Å². The number of benzene rings is 2. The van der Waals surface area contributed by atoms with E-state index in [1.165, 1.54) is 12.1 Å². The van der Waals surface area contributed by atoms with Crippen LogP contribution in [0.25, 0.3) is 22.2 Å². The van der Waals surface area contributed by atoms with Gasteiger partial charge in [0.25, 0.3) is 0 Å². The number of aromatic nitrogens is 1. The molecule has 1 heterocycles. The molecule has 0 saturated carbocycles. The highest BCUT2D eigenvalue weighted by atomic mass is 19.1. The van der Waals surface area contributed by atoms with Gasteiger partial charge in [0.1, 0.15) is 11.6 Å². The minimum Gasteiger partial charge on any atom is -0.478 e. The number of aromatic carboxylic acids is 1. The molecule has 110 valence electrons. The molecule has 0 bridgehead atoms. The molecular weight excluding hydrogens is 288 g/mol. The molecule has 0 radical (unpaired) electrons. The maximum atomic E-state index is 13.9. The molecule has 0 unspecified atom stereocenters. The maximum absolute atomic E-state index is 13.9. The Morgan fingerprint density at radius 3 is 2.59 bits per heavy atom. The third-order valence-electron chi connectivity index (χ3n) is 3.48. The highest BCUT2D eigenvalue weighted by molar-refractivity contribution is 6.04. The number of hydrogen-bond acceptors (Lipinski definition) is 2. The Kier molecular flexibility index (Phi) is 3.33. The monoisotopic (exact) mass is 299 g/mol. The molecule has 0 aliphatic heterocycles. The molecule has 0 spiro atoms. The number of pyridine rings is 1. The summed E-state index contributed by atoms with van der Waals surface area (Å²) in [6, 6.07) is 9.62. The van der Waals surface area contributed by atoms with Gasteiger partial charge in [-0.05, 0) is 30.7 Å². The van der Waals surface area contributed by atoms with Gasteiger partial charge in [-0.25, -0.2) is 18.6 Å². The third kappa shape index (κ3) is 2.30. The Morgan fingerprint density at radius 1 is 1.14 bits per heavy atom. The van der Waals surface area contributed by atoms with E-state index in [1.54, 1.807) is 25.1 Å². The van der Waals surface area contributed by atoms with E-state index < -0.39 is 17.6 Å². The van der Waals surface area contributed by atoms with Gasteiger partial charge in [-0.2, -0.15) is 0 Å². The normalized spacial score (nSPS) is 10.9. The topological polar surface area (TPSA) is 50.2 Å². The second-order valence-electron chi connectivity index (χ2n) is 4.96. The summed E-state index contributed by atoms with van der Waals surface area (Å²) in [7, 11) is 0. The van der Waals surface area contributed by atoms with Crippen molar-refractivity contribution < 1.29 is 18.7 Å². The van der Waals surface area contributed by atoms with Gasteiger partial charge in [-0.1, -0.05) is 18.2 Å². The van der Waals surface area contributed by atoms with Gasteiger partial charge in [0.05, 0.1) is 16.8 Å². The zero-order chi connectivity index (χ0) is 15.9. The number of nitrogens with zero attached hydrogens (tertiary/aromatic N) is 1. The molecule has 0 aliphatic rings. The fourth-order valence-corrected chi connectivity index (χ4v) is 2.40. The van der Waals surface area contributed by atoms with Crippen molar-refractivity contribution in [2.24, 2.45) is 0 Å². The molecule has 0 atom stereocenters. The molecule has 5 heteroatoms. The molecule has 1 N–H and O–H groups in total. The van der Waals surface area contributed by atoms with Crippen molar-refractivity contribution in [2.45, 2.75) is 6.92 Å². The van der Waals surface area contributed by atoms with Crippen LogP contribution in [0.5, 0.6) is 0 Å². The number of carboxylic acids is 1. The van der Waals surface area contributed by atoms with Crippen LogP contribution in [-0.4, -0.2) is 16.1 Å². The molecule has 3 nitrogen and oxygen atoms in total. The quantitative estimate of drug-likeness (QED) is 0.772. The Morgan fingerprint density at radius 2 is 1.91 bits per heavy atom. The fraction of sp³-hybridized carbons (Fsp3) is 0.0588. The van der Waals surface area contributed by atoms with E-state index in [2.05, 4.69) is 4.98 Å². The summed E-state index contributed by atoms with van der Waals surface area (Å²) >= 11 is 0. The summed E-state index contributed by atoms with van der Waals surface area (Å²) in [6.07, 6.45) is 0. The second-order valence-corrected chi connectivity index (χ2v) is 4.96. The molecular formula is C17H11F2NO2.